The van der Waals surface area contributed by atoms with Crippen molar-refractivity contribution in [1.29, 1.82) is 0 Å². The fraction of sp³-hybridized carbons (Fsp3) is 0.417. The number of nitrogens with zero attached hydrogens (tertiary/aromatic N) is 1. The number of amides is 1. The van der Waals surface area contributed by atoms with Gasteiger partial charge in [-0.05, 0) is 63.1 Å². The maximum absolute atomic E-state index is 13.2. The van der Waals surface area contributed by atoms with Crippen molar-refractivity contribution in [2.24, 2.45) is 0 Å². The van der Waals surface area contributed by atoms with Crippen molar-refractivity contribution < 1.29 is 32.6 Å². The molecule has 3 atom stereocenters. The number of aryl methyl sites for hydroxylation is 2. The first kappa shape index (κ1) is 25.7. The standard InChI is InChI=1S/C24H30N2O7S/c1-5-32-22-9-7-6-8-20(22)25-23(28)17(4)33-24(29)21-13-18(27)14-26(21)34(30,31)19-11-10-15(2)16(3)12-19/h6-12,17-18,21,27H,5,13-14H2,1-4H3,(H,25,28)/t17?,18?,21-/m0/s1. The number of nitrogens with one attached hydrogen (secondary N) is 1. The maximum Gasteiger partial charge on any atom is 0.325 e. The van der Waals surface area contributed by atoms with Gasteiger partial charge in [0.15, 0.2) is 6.10 Å². The number of rotatable bonds is 8. The van der Waals surface area contributed by atoms with Crippen molar-refractivity contribution in [2.45, 2.75) is 57.3 Å². The summed E-state index contributed by atoms with van der Waals surface area (Å²) < 4.78 is 38.2. The number of sulfonamides is 1. The van der Waals surface area contributed by atoms with E-state index < -0.39 is 40.1 Å². The van der Waals surface area contributed by atoms with Crippen molar-refractivity contribution in [2.75, 3.05) is 18.5 Å². The number of carbonyl (C=O) groups is 2. The summed E-state index contributed by atoms with van der Waals surface area (Å²) in [5.74, 6) is -1.02. The molecule has 0 spiro atoms. The van der Waals surface area contributed by atoms with Crippen molar-refractivity contribution in [1.82, 2.24) is 4.31 Å². The second-order valence-electron chi connectivity index (χ2n) is 8.22. The van der Waals surface area contributed by atoms with Gasteiger partial charge < -0.3 is 19.9 Å². The first-order chi connectivity index (χ1) is 16.0. The van der Waals surface area contributed by atoms with Gasteiger partial charge in [0.2, 0.25) is 10.0 Å². The number of ether oxygens (including phenoxy) is 2. The van der Waals surface area contributed by atoms with E-state index in [0.717, 1.165) is 15.4 Å². The summed E-state index contributed by atoms with van der Waals surface area (Å²) in [4.78, 5) is 25.5. The minimum absolute atomic E-state index is 0.0285. The Balaban J connectivity index is 1.73. The molecule has 1 aliphatic heterocycles. The summed E-state index contributed by atoms with van der Waals surface area (Å²) in [5, 5.41) is 12.8. The number of esters is 1. The monoisotopic (exact) mass is 490 g/mol. The Hall–Kier alpha value is -2.95. The quantitative estimate of drug-likeness (QED) is 0.545. The highest BCUT2D eigenvalue weighted by atomic mass is 32.2. The SMILES string of the molecule is CCOc1ccccc1NC(=O)C(C)OC(=O)[C@@H]1CC(O)CN1S(=O)(=O)c1ccc(C)c(C)c1. The van der Waals surface area contributed by atoms with Gasteiger partial charge in [-0.2, -0.15) is 4.31 Å². The molecule has 9 nitrogen and oxygen atoms in total. The third-order valence-electron chi connectivity index (χ3n) is 5.70. The van der Waals surface area contributed by atoms with Crippen LogP contribution < -0.4 is 10.1 Å². The average molecular weight is 491 g/mol. The second-order valence-corrected chi connectivity index (χ2v) is 10.1. The highest BCUT2D eigenvalue weighted by molar-refractivity contribution is 7.89. The molecule has 10 heteroatoms. The van der Waals surface area contributed by atoms with Crippen LogP contribution in [0.1, 0.15) is 31.4 Å². The number of hydrogen-bond acceptors (Lipinski definition) is 7. The summed E-state index contributed by atoms with van der Waals surface area (Å²) in [6.07, 6.45) is -2.35. The van der Waals surface area contributed by atoms with E-state index in [2.05, 4.69) is 5.32 Å². The lowest BCUT2D eigenvalue weighted by Crippen LogP contribution is -2.43. The minimum Gasteiger partial charge on any atom is -0.492 e. The highest BCUT2D eigenvalue weighted by Gasteiger charge is 2.45. The molecule has 2 unspecified atom stereocenters. The van der Waals surface area contributed by atoms with Crippen LogP contribution in [0.15, 0.2) is 47.4 Å². The molecule has 0 aliphatic carbocycles. The predicted molar refractivity (Wildman–Crippen MR) is 126 cm³/mol. The molecule has 1 fully saturated rings. The topological polar surface area (TPSA) is 122 Å². The molecule has 1 saturated heterocycles. The smallest absolute Gasteiger partial charge is 0.325 e. The van der Waals surface area contributed by atoms with Crippen LogP contribution in [-0.4, -0.2) is 61.1 Å². The van der Waals surface area contributed by atoms with E-state index in [4.69, 9.17) is 9.47 Å². The zero-order valence-electron chi connectivity index (χ0n) is 19.6. The summed E-state index contributed by atoms with van der Waals surface area (Å²) >= 11 is 0. The van der Waals surface area contributed by atoms with Gasteiger partial charge in [0.1, 0.15) is 11.8 Å². The number of aliphatic hydroxyl groups is 1. The fourth-order valence-electron chi connectivity index (χ4n) is 3.67. The minimum atomic E-state index is -4.07. The number of aliphatic hydroxyl groups excluding tert-OH is 1. The third-order valence-corrected chi connectivity index (χ3v) is 7.57. The van der Waals surface area contributed by atoms with Gasteiger partial charge in [-0.1, -0.05) is 18.2 Å². The molecular weight excluding hydrogens is 460 g/mol. The predicted octanol–water partition coefficient (Wildman–Crippen LogP) is 2.40. The average Bonchev–Trinajstić information content (AvgIpc) is 3.19. The first-order valence-corrected chi connectivity index (χ1v) is 12.5. The van der Waals surface area contributed by atoms with Gasteiger partial charge in [0.05, 0.1) is 23.3 Å². The van der Waals surface area contributed by atoms with Crippen LogP contribution in [0.2, 0.25) is 0 Å². The zero-order chi connectivity index (χ0) is 25.0. The number of β-amino-alcohol motifs (C(OH)–C–C–N with tert-alkyl or cyclic N) is 1. The van der Waals surface area contributed by atoms with E-state index in [0.29, 0.717) is 18.0 Å². The Labute approximate surface area is 199 Å². The molecule has 2 N–H and O–H groups in total. The summed E-state index contributed by atoms with van der Waals surface area (Å²) in [6.45, 7) is 7.04. The Morgan fingerprint density at radius 1 is 1.18 bits per heavy atom. The highest BCUT2D eigenvalue weighted by Crippen LogP contribution is 2.29. The van der Waals surface area contributed by atoms with Crippen LogP contribution in [0.5, 0.6) is 5.75 Å². The Bertz CT molecular complexity index is 1170. The molecule has 34 heavy (non-hydrogen) atoms. The third kappa shape index (κ3) is 5.57. The molecule has 1 amide bonds. The molecule has 0 bridgehead atoms. The fourth-order valence-corrected chi connectivity index (χ4v) is 5.38. The number of anilines is 1. The lowest BCUT2D eigenvalue weighted by Gasteiger charge is -2.24. The molecule has 1 aliphatic rings. The van der Waals surface area contributed by atoms with E-state index in [1.165, 1.54) is 19.1 Å². The lowest BCUT2D eigenvalue weighted by molar-refractivity contribution is -0.156. The van der Waals surface area contributed by atoms with E-state index in [-0.39, 0.29) is 17.9 Å². The molecule has 0 saturated carbocycles. The zero-order valence-corrected chi connectivity index (χ0v) is 20.5. The molecule has 2 aromatic carbocycles. The largest absolute Gasteiger partial charge is 0.492 e. The Kier molecular flexibility index (Phi) is 7.96. The molecule has 2 aromatic rings. The molecule has 3 rings (SSSR count). The van der Waals surface area contributed by atoms with Gasteiger partial charge in [0, 0.05) is 13.0 Å². The second kappa shape index (κ2) is 10.5. The maximum atomic E-state index is 13.2. The molecule has 1 heterocycles. The van der Waals surface area contributed by atoms with Gasteiger partial charge in [-0.25, -0.2) is 8.42 Å². The number of hydrogen-bond donors (Lipinski definition) is 2. The van der Waals surface area contributed by atoms with Crippen molar-refractivity contribution in [3.8, 4) is 5.75 Å². The van der Waals surface area contributed by atoms with Crippen LogP contribution in [0.3, 0.4) is 0 Å². The number of para-hydroxylation sites is 2. The van der Waals surface area contributed by atoms with E-state index >= 15 is 0 Å². The van der Waals surface area contributed by atoms with E-state index in [1.807, 2.05) is 13.8 Å². The van der Waals surface area contributed by atoms with Crippen LogP contribution in [0.25, 0.3) is 0 Å². The molecular formula is C24H30N2O7S. The van der Waals surface area contributed by atoms with Gasteiger partial charge in [0.25, 0.3) is 5.91 Å². The lowest BCUT2D eigenvalue weighted by atomic mass is 10.1. The summed E-state index contributed by atoms with van der Waals surface area (Å²) in [7, 11) is -4.07. The number of benzene rings is 2. The van der Waals surface area contributed by atoms with Gasteiger partial charge in [-0.15, -0.1) is 0 Å². The van der Waals surface area contributed by atoms with Crippen LogP contribution in [0.4, 0.5) is 5.69 Å². The molecule has 0 radical (unpaired) electrons. The summed E-state index contributed by atoms with van der Waals surface area (Å²) in [5.41, 5.74) is 2.15. The van der Waals surface area contributed by atoms with Gasteiger partial charge in [-0.3, -0.25) is 9.59 Å². The molecule has 0 aromatic heterocycles. The van der Waals surface area contributed by atoms with Gasteiger partial charge >= 0.3 is 5.97 Å². The van der Waals surface area contributed by atoms with Crippen LogP contribution >= 0.6 is 0 Å². The van der Waals surface area contributed by atoms with Crippen LogP contribution in [-0.2, 0) is 24.3 Å². The normalized spacial score (nSPS) is 19.4. The first-order valence-electron chi connectivity index (χ1n) is 11.0. The Morgan fingerprint density at radius 3 is 2.56 bits per heavy atom. The van der Waals surface area contributed by atoms with Crippen molar-refractivity contribution in [3.05, 3.63) is 53.6 Å². The summed E-state index contributed by atoms with van der Waals surface area (Å²) in [6, 6.07) is 10.3. The van der Waals surface area contributed by atoms with Crippen molar-refractivity contribution >= 4 is 27.6 Å². The van der Waals surface area contributed by atoms with E-state index in [9.17, 15) is 23.1 Å². The van der Waals surface area contributed by atoms with Crippen molar-refractivity contribution in [3.63, 3.8) is 0 Å². The van der Waals surface area contributed by atoms with Crippen LogP contribution in [0, 0.1) is 13.8 Å². The number of carbonyl (C=O) groups excluding carboxylic acids is 2. The molecule has 184 valence electrons. The van der Waals surface area contributed by atoms with E-state index in [1.54, 1.807) is 37.3 Å². The Morgan fingerprint density at radius 2 is 1.88 bits per heavy atom.